The molecule has 0 aliphatic carbocycles. The van der Waals surface area contributed by atoms with Crippen LogP contribution in [0.1, 0.15) is 40.0 Å². The van der Waals surface area contributed by atoms with Gasteiger partial charge in [0.05, 0.1) is 34.6 Å². The van der Waals surface area contributed by atoms with Crippen LogP contribution in [0, 0.1) is 12.7 Å². The molecule has 2 aromatic carbocycles. The van der Waals surface area contributed by atoms with Crippen molar-refractivity contribution in [1.29, 1.82) is 0 Å². The van der Waals surface area contributed by atoms with Crippen molar-refractivity contribution in [2.75, 3.05) is 11.0 Å². The molecule has 11 heteroatoms. The lowest BCUT2D eigenvalue weighted by atomic mass is 10.0. The number of nitrogens with one attached hydrogen (secondary N) is 2. The zero-order chi connectivity index (χ0) is 23.8. The smallest absolute Gasteiger partial charge is 0.345 e. The molecule has 32 heavy (non-hydrogen) atoms. The Labute approximate surface area is 181 Å². The van der Waals surface area contributed by atoms with Crippen LogP contribution in [-0.4, -0.2) is 25.6 Å². The van der Waals surface area contributed by atoms with E-state index in [9.17, 15) is 30.8 Å². The topological polar surface area (TPSA) is 88.2 Å². The second kappa shape index (κ2) is 8.38. The summed E-state index contributed by atoms with van der Waals surface area (Å²) in [5.41, 5.74) is 0.0168. The molecule has 0 radical (unpaired) electrons. The van der Waals surface area contributed by atoms with E-state index in [1.807, 2.05) is 0 Å². The molecule has 0 spiro atoms. The molecule has 6 nitrogen and oxygen atoms in total. The third-order valence-corrected chi connectivity index (χ3v) is 5.32. The van der Waals surface area contributed by atoms with E-state index < -0.39 is 39.5 Å². The quantitative estimate of drug-likeness (QED) is 0.536. The summed E-state index contributed by atoms with van der Waals surface area (Å²) in [4.78, 5) is 16.5. The number of carbonyl (C=O) groups excluding carboxylic acids is 1. The molecule has 2 N–H and O–H groups in total. The number of alkyl halides is 3. The first-order valence-corrected chi connectivity index (χ1v) is 11.2. The zero-order valence-electron chi connectivity index (χ0n) is 17.2. The summed E-state index contributed by atoms with van der Waals surface area (Å²) < 4.78 is 78.1. The molecular formula is C21H19F4N3O3S. The summed E-state index contributed by atoms with van der Waals surface area (Å²) >= 11 is 0. The highest BCUT2D eigenvalue weighted by Crippen LogP contribution is 2.31. The Morgan fingerprint density at radius 1 is 1.12 bits per heavy atom. The van der Waals surface area contributed by atoms with E-state index in [2.05, 4.69) is 15.0 Å². The highest BCUT2D eigenvalue weighted by atomic mass is 32.2. The number of halogens is 4. The molecule has 0 saturated heterocycles. The highest BCUT2D eigenvalue weighted by molar-refractivity contribution is 7.92. The van der Waals surface area contributed by atoms with E-state index in [1.165, 1.54) is 18.2 Å². The van der Waals surface area contributed by atoms with E-state index in [1.54, 1.807) is 13.8 Å². The van der Waals surface area contributed by atoms with E-state index in [0.717, 1.165) is 30.7 Å². The number of rotatable bonds is 5. The summed E-state index contributed by atoms with van der Waals surface area (Å²) in [5.74, 6) is -1.31. The number of aryl methyl sites for hydroxylation is 1. The van der Waals surface area contributed by atoms with Crippen LogP contribution in [0.5, 0.6) is 0 Å². The molecule has 0 bridgehead atoms. The van der Waals surface area contributed by atoms with Gasteiger partial charge < -0.3 is 5.32 Å². The van der Waals surface area contributed by atoms with E-state index in [-0.39, 0.29) is 22.3 Å². The molecule has 0 fully saturated rings. The molecular weight excluding hydrogens is 450 g/mol. The number of pyridine rings is 1. The second-order valence-electron chi connectivity index (χ2n) is 7.39. The molecule has 0 aliphatic rings. The van der Waals surface area contributed by atoms with Gasteiger partial charge in [0.25, 0.3) is 5.91 Å². The predicted molar refractivity (Wildman–Crippen MR) is 112 cm³/mol. The van der Waals surface area contributed by atoms with Crippen molar-refractivity contribution in [2.45, 2.75) is 26.1 Å². The van der Waals surface area contributed by atoms with Crippen molar-refractivity contribution in [3.8, 4) is 0 Å². The average Bonchev–Trinajstić information content (AvgIpc) is 2.67. The first-order chi connectivity index (χ1) is 14.7. The molecule has 0 saturated carbocycles. The second-order valence-corrected chi connectivity index (χ2v) is 9.14. The van der Waals surface area contributed by atoms with Crippen LogP contribution in [0.3, 0.4) is 0 Å². The van der Waals surface area contributed by atoms with Crippen molar-refractivity contribution in [3.05, 3.63) is 70.7 Å². The minimum Gasteiger partial charge on any atom is -0.345 e. The molecule has 1 aromatic heterocycles. The molecule has 1 heterocycles. The van der Waals surface area contributed by atoms with Gasteiger partial charge in [-0.05, 0) is 49.7 Å². The van der Waals surface area contributed by atoms with Crippen LogP contribution in [0.25, 0.3) is 10.9 Å². The van der Waals surface area contributed by atoms with Gasteiger partial charge in [0.1, 0.15) is 5.82 Å². The average molecular weight is 469 g/mol. The molecule has 3 aromatic rings. The molecule has 0 aliphatic heterocycles. The maximum atomic E-state index is 14.6. The fourth-order valence-corrected chi connectivity index (χ4v) is 3.74. The normalized spacial score (nSPS) is 13.1. The Bertz CT molecular complexity index is 1310. The Hall–Kier alpha value is -3.21. The summed E-state index contributed by atoms with van der Waals surface area (Å²) in [6.07, 6.45) is -2.41. The van der Waals surface area contributed by atoms with Gasteiger partial charge in [0, 0.05) is 17.1 Å². The standard InChI is InChI=1S/C21H19F4N3O3S/c1-11-6-16(17(22)9-18(11)28-32(3,30)31)12(2)27-20(29)14-7-13-4-5-15(21(23,24)25)8-19(13)26-10-14/h4-10,12,28H,1-3H3,(H,27,29)/t12-/m1/s1. The lowest BCUT2D eigenvalue weighted by molar-refractivity contribution is -0.137. The van der Waals surface area contributed by atoms with Crippen LogP contribution in [0.4, 0.5) is 23.2 Å². The van der Waals surface area contributed by atoms with Gasteiger partial charge in [0.2, 0.25) is 10.0 Å². The Balaban J connectivity index is 1.82. The van der Waals surface area contributed by atoms with Gasteiger partial charge in [-0.2, -0.15) is 13.2 Å². The SMILES string of the molecule is Cc1cc([C@@H](C)NC(=O)c2cnc3cc(C(F)(F)F)ccc3c2)c(F)cc1NS(C)(=O)=O. The largest absolute Gasteiger partial charge is 0.416 e. The number of fused-ring (bicyclic) bond motifs is 1. The summed E-state index contributed by atoms with van der Waals surface area (Å²) in [5, 5.41) is 2.95. The fourth-order valence-electron chi connectivity index (χ4n) is 3.13. The molecule has 3 rings (SSSR count). The van der Waals surface area contributed by atoms with Crippen LogP contribution in [0.15, 0.2) is 42.6 Å². The van der Waals surface area contributed by atoms with Gasteiger partial charge in [0.15, 0.2) is 0 Å². The van der Waals surface area contributed by atoms with E-state index in [0.29, 0.717) is 10.9 Å². The number of sulfonamides is 1. The van der Waals surface area contributed by atoms with Gasteiger partial charge in [-0.1, -0.05) is 6.07 Å². The van der Waals surface area contributed by atoms with Crippen LogP contribution < -0.4 is 10.0 Å². The summed E-state index contributed by atoms with van der Waals surface area (Å²) in [6, 6.07) is 6.09. The van der Waals surface area contributed by atoms with Crippen molar-refractivity contribution in [2.24, 2.45) is 0 Å². The Morgan fingerprint density at radius 2 is 1.81 bits per heavy atom. The van der Waals surface area contributed by atoms with Crippen molar-refractivity contribution in [3.63, 3.8) is 0 Å². The highest BCUT2D eigenvalue weighted by Gasteiger charge is 2.30. The maximum Gasteiger partial charge on any atom is 0.416 e. The van der Waals surface area contributed by atoms with Gasteiger partial charge in [-0.3, -0.25) is 14.5 Å². The Morgan fingerprint density at radius 3 is 2.44 bits per heavy atom. The van der Waals surface area contributed by atoms with Crippen LogP contribution >= 0.6 is 0 Å². The molecule has 0 unspecified atom stereocenters. The lowest BCUT2D eigenvalue weighted by Crippen LogP contribution is -2.27. The van der Waals surface area contributed by atoms with Crippen LogP contribution in [-0.2, 0) is 16.2 Å². The molecule has 1 atom stereocenters. The summed E-state index contributed by atoms with van der Waals surface area (Å²) in [7, 11) is -3.59. The van der Waals surface area contributed by atoms with Crippen molar-refractivity contribution < 1.29 is 30.8 Å². The third kappa shape index (κ3) is 5.34. The number of nitrogens with zero attached hydrogens (tertiary/aromatic N) is 1. The lowest BCUT2D eigenvalue weighted by Gasteiger charge is -2.18. The van der Waals surface area contributed by atoms with Gasteiger partial charge in [-0.15, -0.1) is 0 Å². The number of aromatic nitrogens is 1. The predicted octanol–water partition coefficient (Wildman–Crippen LogP) is 4.56. The number of hydrogen-bond donors (Lipinski definition) is 2. The number of anilines is 1. The monoisotopic (exact) mass is 469 g/mol. The van der Waals surface area contributed by atoms with E-state index >= 15 is 0 Å². The molecule has 170 valence electrons. The van der Waals surface area contributed by atoms with Gasteiger partial charge >= 0.3 is 6.18 Å². The number of benzene rings is 2. The first-order valence-electron chi connectivity index (χ1n) is 9.30. The number of carbonyl (C=O) groups is 1. The van der Waals surface area contributed by atoms with E-state index in [4.69, 9.17) is 0 Å². The van der Waals surface area contributed by atoms with Crippen LogP contribution in [0.2, 0.25) is 0 Å². The number of hydrogen-bond acceptors (Lipinski definition) is 4. The fraction of sp³-hybridized carbons (Fsp3) is 0.238. The third-order valence-electron chi connectivity index (χ3n) is 4.73. The molecule has 1 amide bonds. The van der Waals surface area contributed by atoms with Crippen molar-refractivity contribution in [1.82, 2.24) is 10.3 Å². The maximum absolute atomic E-state index is 14.6. The number of amides is 1. The summed E-state index contributed by atoms with van der Waals surface area (Å²) in [6.45, 7) is 3.14. The minimum absolute atomic E-state index is 0.0834. The van der Waals surface area contributed by atoms with Crippen molar-refractivity contribution >= 4 is 32.5 Å². The van der Waals surface area contributed by atoms with Gasteiger partial charge in [-0.25, -0.2) is 12.8 Å². The Kier molecular flexibility index (Phi) is 6.14. The minimum atomic E-state index is -4.50. The zero-order valence-corrected chi connectivity index (χ0v) is 18.0. The first kappa shape index (κ1) is 23.5.